The zero-order valence-corrected chi connectivity index (χ0v) is 17.5. The fourth-order valence-electron chi connectivity index (χ4n) is 3.29. The van der Waals surface area contributed by atoms with Gasteiger partial charge in [0.25, 0.3) is 0 Å². The van der Waals surface area contributed by atoms with E-state index in [1.54, 1.807) is 27.7 Å². The SMILES string of the molecule is CCOC(=O)c1nn(-c2ccc(F)c(F)c2)c2c1CN(C(=O)OC(C)(C)C)CCC2. The number of aromatic nitrogens is 2. The summed E-state index contributed by atoms with van der Waals surface area (Å²) in [6, 6.07) is 3.41. The summed E-state index contributed by atoms with van der Waals surface area (Å²) in [5.74, 6) is -2.63. The number of carbonyl (C=O) groups is 2. The molecule has 0 spiro atoms. The van der Waals surface area contributed by atoms with Gasteiger partial charge in [-0.15, -0.1) is 0 Å². The molecule has 0 radical (unpaired) electrons. The molecule has 1 aliphatic rings. The van der Waals surface area contributed by atoms with E-state index in [1.165, 1.54) is 15.6 Å². The van der Waals surface area contributed by atoms with Crippen molar-refractivity contribution in [3.05, 3.63) is 46.8 Å². The number of fused-ring (bicyclic) bond motifs is 1. The second-order valence-electron chi connectivity index (χ2n) is 8.01. The van der Waals surface area contributed by atoms with Crippen molar-refractivity contribution in [1.82, 2.24) is 14.7 Å². The van der Waals surface area contributed by atoms with E-state index in [-0.39, 0.29) is 24.5 Å². The van der Waals surface area contributed by atoms with Crippen LogP contribution in [0.3, 0.4) is 0 Å². The Balaban J connectivity index is 2.05. The first-order valence-corrected chi connectivity index (χ1v) is 9.82. The van der Waals surface area contributed by atoms with Crippen molar-refractivity contribution in [1.29, 1.82) is 0 Å². The third-order valence-corrected chi connectivity index (χ3v) is 4.55. The zero-order valence-electron chi connectivity index (χ0n) is 17.5. The summed E-state index contributed by atoms with van der Waals surface area (Å²) < 4.78 is 39.2. The fourth-order valence-corrected chi connectivity index (χ4v) is 3.29. The molecule has 9 heteroatoms. The molecule has 7 nitrogen and oxygen atoms in total. The predicted molar refractivity (Wildman–Crippen MR) is 104 cm³/mol. The van der Waals surface area contributed by atoms with Crippen LogP contribution in [0.1, 0.15) is 55.9 Å². The van der Waals surface area contributed by atoms with Crippen LogP contribution in [0.15, 0.2) is 18.2 Å². The Hall–Kier alpha value is -2.97. The maximum atomic E-state index is 13.8. The van der Waals surface area contributed by atoms with Gasteiger partial charge in [0.2, 0.25) is 0 Å². The number of rotatable bonds is 3. The average Bonchev–Trinajstić information content (AvgIpc) is 2.86. The van der Waals surface area contributed by atoms with Gasteiger partial charge in [-0.3, -0.25) is 0 Å². The highest BCUT2D eigenvalue weighted by Crippen LogP contribution is 2.27. The molecule has 0 N–H and O–H groups in total. The van der Waals surface area contributed by atoms with Gasteiger partial charge >= 0.3 is 12.1 Å². The Morgan fingerprint density at radius 1 is 1.20 bits per heavy atom. The molecule has 0 saturated heterocycles. The van der Waals surface area contributed by atoms with Gasteiger partial charge in [0.05, 0.1) is 24.5 Å². The lowest BCUT2D eigenvalue weighted by atomic mass is 10.1. The fraction of sp³-hybridized carbons (Fsp3) is 0.476. The van der Waals surface area contributed by atoms with Gasteiger partial charge < -0.3 is 14.4 Å². The molecule has 3 rings (SSSR count). The smallest absolute Gasteiger partial charge is 0.410 e. The van der Waals surface area contributed by atoms with Crippen LogP contribution in [0.2, 0.25) is 0 Å². The van der Waals surface area contributed by atoms with E-state index in [9.17, 15) is 18.4 Å². The summed E-state index contributed by atoms with van der Waals surface area (Å²) in [7, 11) is 0. The number of esters is 1. The quantitative estimate of drug-likeness (QED) is 0.700. The van der Waals surface area contributed by atoms with Crippen molar-refractivity contribution in [3.63, 3.8) is 0 Å². The normalized spacial score (nSPS) is 14.1. The molecule has 0 bridgehead atoms. The lowest BCUT2D eigenvalue weighted by Gasteiger charge is -2.26. The van der Waals surface area contributed by atoms with Crippen molar-refractivity contribution in [3.8, 4) is 5.69 Å². The van der Waals surface area contributed by atoms with E-state index >= 15 is 0 Å². The highest BCUT2D eigenvalue weighted by molar-refractivity contribution is 5.89. The Morgan fingerprint density at radius 3 is 2.57 bits per heavy atom. The summed E-state index contributed by atoms with van der Waals surface area (Å²) in [6.45, 7) is 7.68. The van der Waals surface area contributed by atoms with Crippen molar-refractivity contribution in [2.75, 3.05) is 13.2 Å². The molecule has 0 unspecified atom stereocenters. The molecule has 0 saturated carbocycles. The van der Waals surface area contributed by atoms with E-state index in [1.807, 2.05) is 0 Å². The highest BCUT2D eigenvalue weighted by Gasteiger charge is 2.31. The lowest BCUT2D eigenvalue weighted by Crippen LogP contribution is -2.36. The summed E-state index contributed by atoms with van der Waals surface area (Å²) in [5.41, 5.74) is 0.835. The largest absolute Gasteiger partial charge is 0.461 e. The topological polar surface area (TPSA) is 73.7 Å². The second kappa shape index (κ2) is 8.41. The van der Waals surface area contributed by atoms with Gasteiger partial charge in [-0.1, -0.05) is 0 Å². The Kier molecular flexibility index (Phi) is 6.09. The Labute approximate surface area is 173 Å². The van der Waals surface area contributed by atoms with Crippen molar-refractivity contribution in [2.45, 2.75) is 52.7 Å². The molecule has 0 fully saturated rings. The minimum atomic E-state index is -1.02. The molecule has 0 aliphatic carbocycles. The maximum absolute atomic E-state index is 13.8. The third kappa shape index (κ3) is 4.60. The molecule has 2 aromatic rings. The molecule has 1 amide bonds. The van der Waals surface area contributed by atoms with Crippen LogP contribution in [0.4, 0.5) is 13.6 Å². The first kappa shape index (κ1) is 21.7. The summed E-state index contributed by atoms with van der Waals surface area (Å²) in [6.07, 6.45) is 0.579. The third-order valence-electron chi connectivity index (χ3n) is 4.55. The van der Waals surface area contributed by atoms with Crippen molar-refractivity contribution >= 4 is 12.1 Å². The number of nitrogens with zero attached hydrogens (tertiary/aromatic N) is 3. The van der Waals surface area contributed by atoms with Crippen LogP contribution in [-0.4, -0.2) is 45.5 Å². The number of halogens is 2. The van der Waals surface area contributed by atoms with Crippen molar-refractivity contribution < 1.29 is 27.8 Å². The monoisotopic (exact) mass is 421 g/mol. The average molecular weight is 421 g/mol. The Morgan fingerprint density at radius 2 is 1.93 bits per heavy atom. The van der Waals surface area contributed by atoms with Gasteiger partial charge in [0, 0.05) is 18.2 Å². The minimum absolute atomic E-state index is 0.0482. The molecule has 162 valence electrons. The van der Waals surface area contributed by atoms with E-state index in [0.717, 1.165) is 12.1 Å². The van der Waals surface area contributed by atoms with Crippen LogP contribution < -0.4 is 0 Å². The summed E-state index contributed by atoms with van der Waals surface area (Å²) in [4.78, 5) is 26.7. The van der Waals surface area contributed by atoms with Gasteiger partial charge in [0.1, 0.15) is 5.60 Å². The molecule has 2 heterocycles. The predicted octanol–water partition coefficient (Wildman–Crippen LogP) is 4.01. The Bertz CT molecular complexity index is 966. The van der Waals surface area contributed by atoms with E-state index < -0.39 is 29.3 Å². The number of hydrogen-bond donors (Lipinski definition) is 0. The molecule has 30 heavy (non-hydrogen) atoms. The number of ether oxygens (including phenoxy) is 2. The van der Waals surface area contributed by atoms with E-state index in [0.29, 0.717) is 30.6 Å². The van der Waals surface area contributed by atoms with Crippen LogP contribution in [0.25, 0.3) is 5.69 Å². The van der Waals surface area contributed by atoms with Crippen molar-refractivity contribution in [2.24, 2.45) is 0 Å². The van der Waals surface area contributed by atoms with Gasteiger partial charge in [-0.25, -0.2) is 23.1 Å². The molecular weight excluding hydrogens is 396 g/mol. The lowest BCUT2D eigenvalue weighted by molar-refractivity contribution is 0.0233. The molecule has 1 aromatic heterocycles. The van der Waals surface area contributed by atoms with E-state index in [4.69, 9.17) is 9.47 Å². The molecule has 0 atom stereocenters. The standard InChI is InChI=1S/C21H25F2N3O4/c1-5-29-19(27)18-14-12-25(20(28)30-21(2,3)4)10-6-7-17(14)26(24-18)13-8-9-15(22)16(23)11-13/h8-9,11H,5-7,10,12H2,1-4H3. The van der Waals surface area contributed by atoms with Crippen LogP contribution in [0.5, 0.6) is 0 Å². The van der Waals surface area contributed by atoms with Gasteiger partial charge in [-0.05, 0) is 52.7 Å². The number of benzene rings is 1. The first-order chi connectivity index (χ1) is 14.1. The van der Waals surface area contributed by atoms with Crippen LogP contribution >= 0.6 is 0 Å². The number of amides is 1. The highest BCUT2D eigenvalue weighted by atomic mass is 19.2. The number of carbonyl (C=O) groups excluding carboxylic acids is 2. The summed E-state index contributed by atoms with van der Waals surface area (Å²) >= 11 is 0. The maximum Gasteiger partial charge on any atom is 0.410 e. The molecule has 1 aromatic carbocycles. The van der Waals surface area contributed by atoms with Gasteiger partial charge in [0.15, 0.2) is 17.3 Å². The van der Waals surface area contributed by atoms with Crippen LogP contribution in [-0.2, 0) is 22.4 Å². The zero-order chi connectivity index (χ0) is 22.1. The second-order valence-corrected chi connectivity index (χ2v) is 8.01. The molecular formula is C21H25F2N3O4. The molecule has 1 aliphatic heterocycles. The van der Waals surface area contributed by atoms with E-state index in [2.05, 4.69) is 5.10 Å². The summed E-state index contributed by atoms with van der Waals surface area (Å²) in [5, 5.41) is 4.34. The number of hydrogen-bond acceptors (Lipinski definition) is 5. The minimum Gasteiger partial charge on any atom is -0.461 e. The van der Waals surface area contributed by atoms with Crippen LogP contribution in [0, 0.1) is 11.6 Å². The first-order valence-electron chi connectivity index (χ1n) is 9.82. The van der Waals surface area contributed by atoms with Gasteiger partial charge in [-0.2, -0.15) is 5.10 Å².